The van der Waals surface area contributed by atoms with Crippen LogP contribution < -0.4 is 10.1 Å². The number of amides is 1. The summed E-state index contributed by atoms with van der Waals surface area (Å²) < 4.78 is 10.6. The molecule has 1 unspecified atom stereocenters. The highest BCUT2D eigenvalue weighted by Gasteiger charge is 2.12. The van der Waals surface area contributed by atoms with Gasteiger partial charge in [-0.1, -0.05) is 48.5 Å². The molecule has 1 atom stereocenters. The Morgan fingerprint density at radius 1 is 1.04 bits per heavy atom. The third-order valence-corrected chi connectivity index (χ3v) is 3.91. The smallest absolute Gasteiger partial charge is 0.306 e. The predicted octanol–water partition coefficient (Wildman–Crippen LogP) is 3.44. The molecule has 0 aliphatic carbocycles. The second-order valence-electron chi connectivity index (χ2n) is 5.90. The van der Waals surface area contributed by atoms with Crippen LogP contribution in [0.2, 0.25) is 0 Å². The first-order chi connectivity index (χ1) is 12.6. The molecule has 0 bridgehead atoms. The molecule has 0 saturated heterocycles. The molecule has 1 N–H and O–H groups in total. The molecule has 0 fully saturated rings. The fourth-order valence-electron chi connectivity index (χ4n) is 2.57. The Morgan fingerprint density at radius 3 is 2.46 bits per heavy atom. The van der Waals surface area contributed by atoms with Crippen molar-refractivity contribution in [3.8, 4) is 5.75 Å². The van der Waals surface area contributed by atoms with Crippen molar-refractivity contribution < 1.29 is 19.1 Å². The zero-order valence-corrected chi connectivity index (χ0v) is 15.2. The van der Waals surface area contributed by atoms with Gasteiger partial charge in [-0.15, -0.1) is 0 Å². The summed E-state index contributed by atoms with van der Waals surface area (Å²) in [6.45, 7) is 4.10. The van der Waals surface area contributed by atoms with E-state index in [1.54, 1.807) is 0 Å². The number of para-hydroxylation sites is 1. The zero-order valence-electron chi connectivity index (χ0n) is 15.2. The molecule has 0 aromatic heterocycles. The number of hydrogen-bond acceptors (Lipinski definition) is 4. The summed E-state index contributed by atoms with van der Waals surface area (Å²) in [5, 5.41) is 2.82. The summed E-state index contributed by atoms with van der Waals surface area (Å²) in [6.07, 6.45) is 0.711. The van der Waals surface area contributed by atoms with Crippen LogP contribution in [-0.2, 0) is 20.7 Å². The van der Waals surface area contributed by atoms with Crippen molar-refractivity contribution in [3.63, 3.8) is 0 Å². The number of aryl methyl sites for hydroxylation is 1. The molecule has 2 rings (SSSR count). The molecule has 0 aliphatic heterocycles. The average Bonchev–Trinajstić information content (AvgIpc) is 2.66. The molecule has 26 heavy (non-hydrogen) atoms. The molecule has 138 valence electrons. The number of benzene rings is 2. The van der Waals surface area contributed by atoms with E-state index in [1.807, 2.05) is 68.4 Å². The van der Waals surface area contributed by atoms with E-state index in [9.17, 15) is 9.59 Å². The van der Waals surface area contributed by atoms with E-state index in [-0.39, 0.29) is 25.0 Å². The first kappa shape index (κ1) is 19.5. The lowest BCUT2D eigenvalue weighted by molar-refractivity contribution is -0.148. The van der Waals surface area contributed by atoms with Crippen LogP contribution in [0.5, 0.6) is 5.75 Å². The van der Waals surface area contributed by atoms with Crippen LogP contribution in [0.25, 0.3) is 0 Å². The van der Waals surface area contributed by atoms with Gasteiger partial charge in [0.15, 0.2) is 6.61 Å². The van der Waals surface area contributed by atoms with Gasteiger partial charge in [-0.05, 0) is 37.5 Å². The average molecular weight is 355 g/mol. The first-order valence-corrected chi connectivity index (χ1v) is 8.80. The first-order valence-electron chi connectivity index (χ1n) is 8.80. The van der Waals surface area contributed by atoms with Crippen LogP contribution in [0.4, 0.5) is 0 Å². The summed E-state index contributed by atoms with van der Waals surface area (Å²) in [5.41, 5.74) is 1.95. The highest BCUT2D eigenvalue weighted by Crippen LogP contribution is 2.19. The molecule has 1 amide bonds. The number of carbonyl (C=O) groups excluding carboxylic acids is 2. The number of esters is 1. The summed E-state index contributed by atoms with van der Waals surface area (Å²) in [5.74, 6) is 0.0560. The van der Waals surface area contributed by atoms with E-state index in [0.29, 0.717) is 13.0 Å². The maximum absolute atomic E-state index is 11.9. The summed E-state index contributed by atoms with van der Waals surface area (Å²) in [4.78, 5) is 23.8. The van der Waals surface area contributed by atoms with E-state index in [2.05, 4.69) is 5.32 Å². The van der Waals surface area contributed by atoms with Gasteiger partial charge in [0.2, 0.25) is 0 Å². The Balaban J connectivity index is 1.74. The van der Waals surface area contributed by atoms with Gasteiger partial charge in [0, 0.05) is 6.42 Å². The van der Waals surface area contributed by atoms with Gasteiger partial charge >= 0.3 is 5.97 Å². The van der Waals surface area contributed by atoms with Crippen LogP contribution in [0.15, 0.2) is 54.6 Å². The van der Waals surface area contributed by atoms with Gasteiger partial charge in [0.25, 0.3) is 5.91 Å². The van der Waals surface area contributed by atoms with Crippen LogP contribution >= 0.6 is 0 Å². The number of rotatable bonds is 9. The van der Waals surface area contributed by atoms with E-state index >= 15 is 0 Å². The quantitative estimate of drug-likeness (QED) is 0.700. The normalized spacial score (nSPS) is 11.5. The van der Waals surface area contributed by atoms with Crippen molar-refractivity contribution in [2.45, 2.75) is 32.7 Å². The second-order valence-corrected chi connectivity index (χ2v) is 5.90. The van der Waals surface area contributed by atoms with Gasteiger partial charge in [-0.3, -0.25) is 9.59 Å². The summed E-state index contributed by atoms with van der Waals surface area (Å²) >= 11 is 0. The van der Waals surface area contributed by atoms with Crippen molar-refractivity contribution in [1.29, 1.82) is 0 Å². The maximum atomic E-state index is 11.9. The third-order valence-electron chi connectivity index (χ3n) is 3.91. The number of carbonyl (C=O) groups is 2. The van der Waals surface area contributed by atoms with Gasteiger partial charge in [0.1, 0.15) is 5.75 Å². The predicted molar refractivity (Wildman–Crippen MR) is 99.9 cm³/mol. The van der Waals surface area contributed by atoms with Gasteiger partial charge in [-0.2, -0.15) is 0 Å². The highest BCUT2D eigenvalue weighted by molar-refractivity contribution is 5.80. The fraction of sp³-hybridized carbons (Fsp3) is 0.333. The topological polar surface area (TPSA) is 64.6 Å². The molecule has 0 aliphatic rings. The van der Waals surface area contributed by atoms with Crippen molar-refractivity contribution in [2.24, 2.45) is 0 Å². The summed E-state index contributed by atoms with van der Waals surface area (Å²) in [7, 11) is 0. The molecule has 5 heteroatoms. The molecule has 0 spiro atoms. The SMILES string of the molecule is CCOc1ccccc1CCC(=O)OCC(=O)NC(C)c1ccccc1. The van der Waals surface area contributed by atoms with Crippen molar-refractivity contribution in [1.82, 2.24) is 5.32 Å². The van der Waals surface area contributed by atoms with Gasteiger partial charge in [-0.25, -0.2) is 0 Å². The summed E-state index contributed by atoms with van der Waals surface area (Å²) in [6, 6.07) is 17.1. The Bertz CT molecular complexity index is 715. The van der Waals surface area contributed by atoms with Crippen molar-refractivity contribution >= 4 is 11.9 Å². The Kier molecular flexibility index (Phi) is 7.68. The van der Waals surface area contributed by atoms with E-state index in [4.69, 9.17) is 9.47 Å². The van der Waals surface area contributed by atoms with E-state index in [1.165, 1.54) is 0 Å². The molecule has 2 aromatic carbocycles. The molecule has 2 aromatic rings. The third kappa shape index (κ3) is 6.24. The van der Waals surface area contributed by atoms with Gasteiger partial charge in [0.05, 0.1) is 12.6 Å². The molecule has 5 nitrogen and oxygen atoms in total. The minimum absolute atomic E-state index is 0.138. The lowest BCUT2D eigenvalue weighted by Gasteiger charge is -2.14. The monoisotopic (exact) mass is 355 g/mol. The van der Waals surface area contributed by atoms with Crippen molar-refractivity contribution in [2.75, 3.05) is 13.2 Å². The molecular formula is C21H25NO4. The van der Waals surface area contributed by atoms with Crippen LogP contribution in [0.3, 0.4) is 0 Å². The maximum Gasteiger partial charge on any atom is 0.306 e. The lowest BCUT2D eigenvalue weighted by Crippen LogP contribution is -2.31. The van der Waals surface area contributed by atoms with Crippen LogP contribution in [0, 0.1) is 0 Å². The van der Waals surface area contributed by atoms with E-state index < -0.39 is 5.97 Å². The standard InChI is InChI=1S/C21H25NO4/c1-3-25-19-12-8-7-11-18(19)13-14-21(24)26-15-20(23)22-16(2)17-9-5-4-6-10-17/h4-12,16H,3,13-15H2,1-2H3,(H,22,23). The molecule has 0 heterocycles. The number of nitrogens with one attached hydrogen (secondary N) is 1. The fourth-order valence-corrected chi connectivity index (χ4v) is 2.57. The zero-order chi connectivity index (χ0) is 18.8. The second kappa shape index (κ2) is 10.2. The van der Waals surface area contributed by atoms with E-state index in [0.717, 1.165) is 16.9 Å². The van der Waals surface area contributed by atoms with Gasteiger partial charge < -0.3 is 14.8 Å². The molecule has 0 saturated carbocycles. The Labute approximate surface area is 154 Å². The molecule has 0 radical (unpaired) electrons. The van der Waals surface area contributed by atoms with Crippen LogP contribution in [0.1, 0.15) is 37.4 Å². The van der Waals surface area contributed by atoms with Crippen molar-refractivity contribution in [3.05, 3.63) is 65.7 Å². The van der Waals surface area contributed by atoms with Crippen LogP contribution in [-0.4, -0.2) is 25.1 Å². The number of ether oxygens (including phenoxy) is 2. The Hall–Kier alpha value is -2.82. The minimum Gasteiger partial charge on any atom is -0.494 e. The number of hydrogen-bond donors (Lipinski definition) is 1. The Morgan fingerprint density at radius 2 is 1.73 bits per heavy atom. The largest absolute Gasteiger partial charge is 0.494 e. The lowest BCUT2D eigenvalue weighted by atomic mass is 10.1. The highest BCUT2D eigenvalue weighted by atomic mass is 16.5. The minimum atomic E-state index is -0.404. The molecular weight excluding hydrogens is 330 g/mol.